The van der Waals surface area contributed by atoms with E-state index in [9.17, 15) is 22.8 Å². The molecule has 0 saturated carbocycles. The second kappa shape index (κ2) is 16.6. The summed E-state index contributed by atoms with van der Waals surface area (Å²) in [5.74, 6) is -2.26. The Balaban J connectivity index is 1.73. The highest BCUT2D eigenvalue weighted by Crippen LogP contribution is 2.34. The first-order valence-electron chi connectivity index (χ1n) is 15.2. The molecule has 0 fully saturated rings. The number of benzene rings is 2. The van der Waals surface area contributed by atoms with E-state index in [0.29, 0.717) is 11.3 Å². The van der Waals surface area contributed by atoms with Crippen LogP contribution in [0.3, 0.4) is 0 Å². The molecule has 2 aromatic carbocycles. The van der Waals surface area contributed by atoms with Crippen molar-refractivity contribution >= 4 is 56.0 Å². The molecule has 15 nitrogen and oxygen atoms in total. The number of nitrogens with one attached hydrogen (secondary N) is 5. The Morgan fingerprint density at radius 2 is 1.58 bits per heavy atom. The standard InChI is InChI=1S/C32H42FN7O8S2/c1-31(2,3)47-28(42)26-27(49-19-38-26)40(18-20-8-10-21(46-7)11-9-20)50(44,45)22-12-13-24(23(33)16-22)39-25(41)17-37-29(34)35-14-15-36-30(43)48-32(4,5)6/h8-13,16,19H,14-15,17-18H2,1-7H3,(H,36,43)(H,39,41)(H3,34,35,37). The van der Waals surface area contributed by atoms with Gasteiger partial charge in [0.25, 0.3) is 10.0 Å². The summed E-state index contributed by atoms with van der Waals surface area (Å²) in [5.41, 5.74) is -0.207. The van der Waals surface area contributed by atoms with Crippen LogP contribution in [0.2, 0.25) is 0 Å². The van der Waals surface area contributed by atoms with Crippen molar-refractivity contribution in [2.75, 3.05) is 36.4 Å². The molecule has 0 bridgehead atoms. The highest BCUT2D eigenvalue weighted by Gasteiger charge is 2.33. The van der Waals surface area contributed by atoms with Gasteiger partial charge >= 0.3 is 12.1 Å². The van der Waals surface area contributed by atoms with Gasteiger partial charge in [0.1, 0.15) is 27.8 Å². The molecular formula is C32H42FN7O8S2. The summed E-state index contributed by atoms with van der Waals surface area (Å²) in [5, 5.41) is 17.9. The van der Waals surface area contributed by atoms with E-state index in [0.717, 1.165) is 33.8 Å². The van der Waals surface area contributed by atoms with E-state index in [-0.39, 0.29) is 42.0 Å². The first-order valence-corrected chi connectivity index (χ1v) is 17.6. The lowest BCUT2D eigenvalue weighted by Crippen LogP contribution is -2.44. The summed E-state index contributed by atoms with van der Waals surface area (Å²) in [6, 6.07) is 9.58. The van der Waals surface area contributed by atoms with Gasteiger partial charge in [-0.25, -0.2) is 27.4 Å². The van der Waals surface area contributed by atoms with Gasteiger partial charge in [0.05, 0.1) is 36.3 Å². The Kier molecular flexibility index (Phi) is 13.1. The second-order valence-electron chi connectivity index (χ2n) is 12.6. The zero-order chi connectivity index (χ0) is 37.3. The normalized spacial score (nSPS) is 11.6. The van der Waals surface area contributed by atoms with Crippen molar-refractivity contribution in [1.82, 2.24) is 20.9 Å². The first-order chi connectivity index (χ1) is 23.3. The van der Waals surface area contributed by atoms with Gasteiger partial charge in [0.2, 0.25) is 5.91 Å². The van der Waals surface area contributed by atoms with Crippen molar-refractivity contribution in [1.29, 1.82) is 5.41 Å². The number of anilines is 2. The molecule has 1 aromatic heterocycles. The highest BCUT2D eigenvalue weighted by atomic mass is 32.2. The van der Waals surface area contributed by atoms with Crippen molar-refractivity contribution in [2.24, 2.45) is 0 Å². The van der Waals surface area contributed by atoms with Crippen LogP contribution >= 0.6 is 11.3 Å². The van der Waals surface area contributed by atoms with Gasteiger partial charge in [0, 0.05) is 13.1 Å². The smallest absolute Gasteiger partial charge is 0.407 e. The molecule has 5 N–H and O–H groups in total. The molecule has 3 rings (SSSR count). The van der Waals surface area contributed by atoms with E-state index in [1.54, 1.807) is 65.8 Å². The fourth-order valence-corrected chi connectivity index (χ4v) is 6.50. The van der Waals surface area contributed by atoms with Crippen LogP contribution in [0, 0.1) is 11.2 Å². The average Bonchev–Trinajstić information content (AvgIpc) is 3.50. The largest absolute Gasteiger partial charge is 0.497 e. The molecule has 0 saturated heterocycles. The predicted molar refractivity (Wildman–Crippen MR) is 187 cm³/mol. The monoisotopic (exact) mass is 735 g/mol. The third kappa shape index (κ3) is 11.9. The molecule has 272 valence electrons. The number of esters is 1. The second-order valence-corrected chi connectivity index (χ2v) is 15.3. The van der Waals surface area contributed by atoms with Crippen LogP contribution in [-0.2, 0) is 30.8 Å². The Bertz CT molecular complexity index is 1790. The Labute approximate surface area is 294 Å². The number of alkyl carbamates (subject to hydrolysis) is 1. The van der Waals surface area contributed by atoms with Crippen LogP contribution in [0.25, 0.3) is 0 Å². The fourth-order valence-electron chi connectivity index (χ4n) is 4.02. The molecule has 50 heavy (non-hydrogen) atoms. The number of guanidine groups is 1. The quantitative estimate of drug-likeness (QED) is 0.0729. The molecule has 18 heteroatoms. The summed E-state index contributed by atoms with van der Waals surface area (Å²) in [6.07, 6.45) is -0.613. The lowest BCUT2D eigenvalue weighted by Gasteiger charge is -2.25. The van der Waals surface area contributed by atoms with Crippen LogP contribution in [0.15, 0.2) is 52.9 Å². The number of ether oxygens (including phenoxy) is 3. The van der Waals surface area contributed by atoms with Crippen LogP contribution in [0.1, 0.15) is 57.6 Å². The number of carbonyl (C=O) groups excluding carboxylic acids is 3. The maximum absolute atomic E-state index is 15.3. The molecule has 0 aliphatic rings. The lowest BCUT2D eigenvalue weighted by molar-refractivity contribution is -0.115. The Morgan fingerprint density at radius 3 is 2.18 bits per heavy atom. The number of halogens is 1. The minimum absolute atomic E-state index is 0.0318. The average molecular weight is 736 g/mol. The molecule has 2 amide bonds. The van der Waals surface area contributed by atoms with Gasteiger partial charge in [-0.15, -0.1) is 11.3 Å². The minimum Gasteiger partial charge on any atom is -0.497 e. The summed E-state index contributed by atoms with van der Waals surface area (Å²) in [4.78, 5) is 40.8. The molecule has 0 atom stereocenters. The number of hydrogen-bond donors (Lipinski definition) is 5. The summed E-state index contributed by atoms with van der Waals surface area (Å²) in [6.45, 7) is 9.82. The topological polar surface area (TPSA) is 201 Å². The van der Waals surface area contributed by atoms with E-state index >= 15 is 4.39 Å². The highest BCUT2D eigenvalue weighted by molar-refractivity contribution is 7.93. The number of nitrogens with zero attached hydrogens (tertiary/aromatic N) is 2. The third-order valence-electron chi connectivity index (χ3n) is 6.18. The molecule has 3 aromatic rings. The van der Waals surface area contributed by atoms with E-state index in [4.69, 9.17) is 19.6 Å². The van der Waals surface area contributed by atoms with Gasteiger partial charge in [0.15, 0.2) is 11.7 Å². The predicted octanol–water partition coefficient (Wildman–Crippen LogP) is 4.22. The SMILES string of the molecule is COc1ccc(CN(c2scnc2C(=O)OC(C)(C)C)S(=O)(=O)c2ccc(NC(=O)CNC(=N)NCCNC(=O)OC(C)(C)C)c(F)c2)cc1. The van der Waals surface area contributed by atoms with Crippen molar-refractivity contribution in [3.8, 4) is 5.75 Å². The summed E-state index contributed by atoms with van der Waals surface area (Å²) in [7, 11) is -3.03. The molecule has 0 aliphatic carbocycles. The van der Waals surface area contributed by atoms with Crippen molar-refractivity contribution in [2.45, 2.75) is 64.2 Å². The zero-order valence-electron chi connectivity index (χ0n) is 28.8. The molecule has 0 unspecified atom stereocenters. The first kappa shape index (κ1) is 39.5. The van der Waals surface area contributed by atoms with E-state index < -0.39 is 56.5 Å². The number of aromatic nitrogens is 1. The molecule has 1 heterocycles. The van der Waals surface area contributed by atoms with Gasteiger partial charge in [-0.05, 0) is 77.4 Å². The number of carbonyl (C=O) groups is 3. The van der Waals surface area contributed by atoms with Crippen molar-refractivity contribution in [3.05, 3.63) is 65.0 Å². The van der Waals surface area contributed by atoms with Crippen LogP contribution in [-0.4, -0.2) is 75.3 Å². The Morgan fingerprint density at radius 1 is 0.940 bits per heavy atom. The summed E-state index contributed by atoms with van der Waals surface area (Å²) < 4.78 is 60.2. The van der Waals surface area contributed by atoms with Gasteiger partial charge in [-0.3, -0.25) is 14.5 Å². The third-order valence-corrected chi connectivity index (χ3v) is 8.88. The van der Waals surface area contributed by atoms with Crippen molar-refractivity contribution in [3.63, 3.8) is 0 Å². The van der Waals surface area contributed by atoms with E-state index in [1.165, 1.54) is 12.6 Å². The number of hydrogen-bond acceptors (Lipinski definition) is 11. The van der Waals surface area contributed by atoms with Gasteiger partial charge < -0.3 is 35.5 Å². The molecule has 0 spiro atoms. The van der Waals surface area contributed by atoms with Gasteiger partial charge in [-0.2, -0.15) is 0 Å². The molecule has 0 aliphatic heterocycles. The maximum Gasteiger partial charge on any atom is 0.407 e. The number of methoxy groups -OCH3 is 1. The van der Waals surface area contributed by atoms with Crippen LogP contribution in [0.5, 0.6) is 5.75 Å². The minimum atomic E-state index is -4.52. The number of amides is 2. The summed E-state index contributed by atoms with van der Waals surface area (Å²) >= 11 is 0.899. The lowest BCUT2D eigenvalue weighted by atomic mass is 10.2. The van der Waals surface area contributed by atoms with Crippen LogP contribution in [0.4, 0.5) is 19.9 Å². The number of sulfonamides is 1. The van der Waals surface area contributed by atoms with Gasteiger partial charge in [-0.1, -0.05) is 12.1 Å². The number of thiazole rings is 1. The molecular weight excluding hydrogens is 694 g/mol. The van der Waals surface area contributed by atoms with Crippen LogP contribution < -0.4 is 30.3 Å². The van der Waals surface area contributed by atoms with E-state index in [1.807, 2.05) is 0 Å². The van der Waals surface area contributed by atoms with E-state index in [2.05, 4.69) is 26.3 Å². The molecule has 0 radical (unpaired) electrons. The zero-order valence-corrected chi connectivity index (χ0v) is 30.4. The maximum atomic E-state index is 15.3. The van der Waals surface area contributed by atoms with Crippen molar-refractivity contribution < 1.29 is 41.4 Å². The Hall–Kier alpha value is -4.97. The number of rotatable bonds is 13. The fraction of sp³-hybridized carbons (Fsp3) is 0.406.